The highest BCUT2D eigenvalue weighted by atomic mass is 16.5. The lowest BCUT2D eigenvalue weighted by Gasteiger charge is -2.28. The molecule has 1 unspecified atom stereocenters. The van der Waals surface area contributed by atoms with Gasteiger partial charge in [-0.05, 0) is 23.8 Å². The van der Waals surface area contributed by atoms with Crippen LogP contribution in [0.25, 0.3) is 22.3 Å². The summed E-state index contributed by atoms with van der Waals surface area (Å²) >= 11 is 0. The summed E-state index contributed by atoms with van der Waals surface area (Å²) in [5.74, 6) is -1.29. The highest BCUT2D eigenvalue weighted by Crippen LogP contribution is 2.54. The average molecular weight is 581 g/mol. The van der Waals surface area contributed by atoms with Crippen molar-refractivity contribution in [1.29, 1.82) is 0 Å². The van der Waals surface area contributed by atoms with E-state index in [1.165, 1.54) is 13.2 Å². The summed E-state index contributed by atoms with van der Waals surface area (Å²) in [6.07, 6.45) is 0.436. The van der Waals surface area contributed by atoms with Crippen LogP contribution in [0.1, 0.15) is 29.0 Å². The minimum atomic E-state index is -0.773. The largest absolute Gasteiger partial charge is 0.504 e. The third-order valence-electron chi connectivity index (χ3n) is 7.51. The van der Waals surface area contributed by atoms with Crippen LogP contribution in [0.15, 0.2) is 88.1 Å². The van der Waals surface area contributed by atoms with E-state index in [1.807, 2.05) is 30.3 Å². The van der Waals surface area contributed by atoms with Gasteiger partial charge in [0.2, 0.25) is 5.75 Å². The van der Waals surface area contributed by atoms with Crippen molar-refractivity contribution in [3.05, 3.63) is 106 Å². The van der Waals surface area contributed by atoms with Crippen LogP contribution in [0.2, 0.25) is 0 Å². The first-order valence-electron chi connectivity index (χ1n) is 13.6. The summed E-state index contributed by atoms with van der Waals surface area (Å²) in [6.45, 7) is 0.290. The molecule has 1 atom stereocenters. The molecule has 0 saturated carbocycles. The summed E-state index contributed by atoms with van der Waals surface area (Å²) in [7, 11) is 3.13. The van der Waals surface area contributed by atoms with Gasteiger partial charge in [0.05, 0.1) is 32.8 Å². The lowest BCUT2D eigenvalue weighted by atomic mass is 9.84. The molecule has 1 aliphatic heterocycles. The van der Waals surface area contributed by atoms with Crippen LogP contribution >= 0.6 is 0 Å². The zero-order valence-corrected chi connectivity index (χ0v) is 23.5. The van der Waals surface area contributed by atoms with Crippen LogP contribution < -0.4 is 24.4 Å². The second-order valence-electron chi connectivity index (χ2n) is 10.0. The molecule has 1 aliphatic rings. The Morgan fingerprint density at radius 1 is 0.884 bits per heavy atom. The number of methoxy groups -OCH3 is 2. The van der Waals surface area contributed by atoms with Crippen LogP contribution in [0.5, 0.6) is 34.5 Å². The number of phenolic OH excluding ortho intramolecular Hbond substituents is 2. The molecule has 218 valence electrons. The Hall–Kier alpha value is -5.44. The molecule has 1 aromatic heterocycles. The Labute approximate surface area is 246 Å². The van der Waals surface area contributed by atoms with Gasteiger partial charge in [0.1, 0.15) is 22.5 Å². The number of rotatable bonds is 8. The van der Waals surface area contributed by atoms with E-state index in [0.717, 1.165) is 11.3 Å². The Bertz CT molecular complexity index is 1880. The van der Waals surface area contributed by atoms with Gasteiger partial charge < -0.3 is 33.6 Å². The zero-order valence-electron chi connectivity index (χ0n) is 23.5. The lowest BCUT2D eigenvalue weighted by molar-refractivity contribution is -0.135. The zero-order chi connectivity index (χ0) is 30.1. The molecular formula is C34H28O9. The highest BCUT2D eigenvalue weighted by molar-refractivity contribution is 5.96. The van der Waals surface area contributed by atoms with Crippen LogP contribution in [0.3, 0.4) is 0 Å². The maximum absolute atomic E-state index is 13.3. The topological polar surface area (TPSA) is 125 Å². The second-order valence-corrected chi connectivity index (χ2v) is 10.0. The van der Waals surface area contributed by atoms with Crippen LogP contribution in [-0.2, 0) is 11.2 Å². The highest BCUT2D eigenvalue weighted by Gasteiger charge is 2.38. The minimum absolute atomic E-state index is 0.00107. The normalized spacial score (nSPS) is 14.2. The van der Waals surface area contributed by atoms with E-state index < -0.39 is 28.8 Å². The van der Waals surface area contributed by atoms with Crippen molar-refractivity contribution in [2.75, 3.05) is 20.8 Å². The number of aromatic hydroxyl groups is 2. The monoisotopic (exact) mass is 580 g/mol. The van der Waals surface area contributed by atoms with Crippen molar-refractivity contribution in [2.24, 2.45) is 0 Å². The molecular weight excluding hydrogens is 552 g/mol. The van der Waals surface area contributed by atoms with E-state index in [0.29, 0.717) is 35.7 Å². The van der Waals surface area contributed by atoms with Crippen molar-refractivity contribution in [1.82, 2.24) is 0 Å². The van der Waals surface area contributed by atoms with E-state index in [-0.39, 0.29) is 34.5 Å². The molecule has 0 amide bonds. The number of carbonyl (C=O) groups is 1. The first-order chi connectivity index (χ1) is 20.9. The lowest BCUT2D eigenvalue weighted by Crippen LogP contribution is -2.23. The summed E-state index contributed by atoms with van der Waals surface area (Å²) in [4.78, 5) is 26.2. The maximum atomic E-state index is 13.3. The molecule has 9 nitrogen and oxygen atoms in total. The van der Waals surface area contributed by atoms with Crippen molar-refractivity contribution in [3.8, 4) is 45.8 Å². The van der Waals surface area contributed by atoms with Gasteiger partial charge in [-0.2, -0.15) is 0 Å². The number of para-hydroxylation sites is 1. The van der Waals surface area contributed by atoms with Crippen LogP contribution in [0.4, 0.5) is 0 Å². The van der Waals surface area contributed by atoms with E-state index >= 15 is 0 Å². The summed E-state index contributed by atoms with van der Waals surface area (Å²) in [5, 5.41) is 21.6. The molecule has 43 heavy (non-hydrogen) atoms. The van der Waals surface area contributed by atoms with Gasteiger partial charge in [0.25, 0.3) is 0 Å². The van der Waals surface area contributed by atoms with Crippen molar-refractivity contribution in [2.45, 2.75) is 18.8 Å². The fraction of sp³-hybridized carbons (Fsp3) is 0.176. The number of esters is 1. The average Bonchev–Trinajstić information content (AvgIpc) is 3.03. The van der Waals surface area contributed by atoms with E-state index in [1.54, 1.807) is 49.6 Å². The van der Waals surface area contributed by atoms with Gasteiger partial charge in [0.15, 0.2) is 28.4 Å². The molecule has 5 aromatic rings. The Balaban J connectivity index is 1.49. The third kappa shape index (κ3) is 5.10. The van der Waals surface area contributed by atoms with Crippen LogP contribution in [-0.4, -0.2) is 37.0 Å². The standard InChI is InChI=1S/C34H28O9/c1-39-21-13-11-19(12-14-21)15-16-41-32-22(9-6-10-25(32)40-2)23-17-27(36)43-34-28(23)33-29(30(37)31(34)38)24(35)18-26(42-33)20-7-4-3-5-8-20/h3-14,18,23,37-38H,15-17H2,1-2H3. The van der Waals surface area contributed by atoms with E-state index in [4.69, 9.17) is 23.4 Å². The number of carbonyl (C=O) groups excluding carboxylic acids is 1. The van der Waals surface area contributed by atoms with Crippen LogP contribution in [0, 0.1) is 0 Å². The van der Waals surface area contributed by atoms with E-state index in [2.05, 4.69) is 0 Å². The molecule has 0 saturated heterocycles. The molecule has 0 radical (unpaired) electrons. The Morgan fingerprint density at radius 3 is 2.37 bits per heavy atom. The maximum Gasteiger partial charge on any atom is 0.312 e. The van der Waals surface area contributed by atoms with Gasteiger partial charge in [-0.15, -0.1) is 0 Å². The molecule has 2 N–H and O–H groups in total. The van der Waals surface area contributed by atoms with Gasteiger partial charge in [0, 0.05) is 29.5 Å². The van der Waals surface area contributed by atoms with Gasteiger partial charge in [-0.3, -0.25) is 9.59 Å². The summed E-state index contributed by atoms with van der Waals surface area (Å²) < 4.78 is 28.9. The van der Waals surface area contributed by atoms with Crippen molar-refractivity contribution in [3.63, 3.8) is 0 Å². The van der Waals surface area contributed by atoms with Crippen molar-refractivity contribution >= 4 is 16.9 Å². The van der Waals surface area contributed by atoms with E-state index in [9.17, 15) is 19.8 Å². The Morgan fingerprint density at radius 2 is 1.65 bits per heavy atom. The fourth-order valence-corrected chi connectivity index (χ4v) is 5.40. The van der Waals surface area contributed by atoms with Crippen molar-refractivity contribution < 1.29 is 38.4 Å². The summed E-state index contributed by atoms with van der Waals surface area (Å²) in [5.41, 5.74) is 1.91. The molecule has 0 bridgehead atoms. The summed E-state index contributed by atoms with van der Waals surface area (Å²) in [6, 6.07) is 23.2. The molecule has 6 rings (SSSR count). The molecule has 0 fully saturated rings. The number of hydrogen-bond donors (Lipinski definition) is 2. The smallest absolute Gasteiger partial charge is 0.312 e. The predicted molar refractivity (Wildman–Crippen MR) is 159 cm³/mol. The first-order valence-corrected chi connectivity index (χ1v) is 13.6. The third-order valence-corrected chi connectivity index (χ3v) is 7.51. The number of benzene rings is 4. The van der Waals surface area contributed by atoms with Gasteiger partial charge in [-0.25, -0.2) is 0 Å². The van der Waals surface area contributed by atoms with Gasteiger partial charge >= 0.3 is 5.97 Å². The number of phenols is 2. The van der Waals surface area contributed by atoms with Gasteiger partial charge in [-0.1, -0.05) is 54.6 Å². The molecule has 4 aromatic carbocycles. The molecule has 2 heterocycles. The molecule has 9 heteroatoms. The quantitative estimate of drug-likeness (QED) is 0.130. The fourth-order valence-electron chi connectivity index (χ4n) is 5.40. The molecule has 0 aliphatic carbocycles. The Kier molecular flexibility index (Phi) is 7.38. The predicted octanol–water partition coefficient (Wildman–Crippen LogP) is 5.95. The second kappa shape index (κ2) is 11.4. The SMILES string of the molecule is COc1ccc(CCOc2c(OC)cccc2C2CC(=O)Oc3c(O)c(O)c4c(=O)cc(-c5ccccc5)oc4c32)cc1. The number of fused-ring (bicyclic) bond motifs is 3. The minimum Gasteiger partial charge on any atom is -0.504 e. The first kappa shape index (κ1) is 27.7. The molecule has 0 spiro atoms. The number of ether oxygens (including phenoxy) is 4. The number of hydrogen-bond acceptors (Lipinski definition) is 9.